The number of benzene rings is 1. The Morgan fingerprint density at radius 3 is 1.85 bits per heavy atom. The molecule has 0 heterocycles. The molecule has 2 atom stereocenters. The average Bonchev–Trinajstić information content (AvgIpc) is 2.44. The van der Waals surface area contributed by atoms with Gasteiger partial charge in [0.25, 0.3) is 5.60 Å². The SMILES string of the molecule is CO[C@@](O)(C(=O)O)[C@](O)(C(=O)O)C(=O)c1ccccc1. The van der Waals surface area contributed by atoms with E-state index < -0.39 is 29.1 Å². The van der Waals surface area contributed by atoms with Crippen molar-refractivity contribution in [3.05, 3.63) is 35.9 Å². The van der Waals surface area contributed by atoms with Crippen LogP contribution in [-0.2, 0) is 14.3 Å². The predicted octanol–water partition coefficient (Wildman–Crippen LogP) is -0.895. The van der Waals surface area contributed by atoms with Gasteiger partial charge in [0, 0.05) is 12.7 Å². The first-order chi connectivity index (χ1) is 9.21. The Morgan fingerprint density at radius 1 is 1.00 bits per heavy atom. The number of ether oxygens (including phenoxy) is 1. The maximum Gasteiger partial charge on any atom is 0.368 e. The minimum atomic E-state index is -3.70. The van der Waals surface area contributed by atoms with Crippen LogP contribution in [0.25, 0.3) is 0 Å². The Balaban J connectivity index is 3.48. The van der Waals surface area contributed by atoms with Crippen molar-refractivity contribution in [3.8, 4) is 0 Å². The Morgan fingerprint density at radius 2 is 1.50 bits per heavy atom. The summed E-state index contributed by atoms with van der Waals surface area (Å²) in [6.45, 7) is 0. The standard InChI is InChI=1S/C12H12O8/c1-20-12(19,10(16)17)11(18,9(14)15)8(13)7-5-3-2-4-6-7/h2-6,18-19H,1H3,(H,14,15)(H,16,17)/t11-,12+/m1/s1. The van der Waals surface area contributed by atoms with E-state index in [1.165, 1.54) is 18.2 Å². The lowest BCUT2D eigenvalue weighted by Crippen LogP contribution is -2.68. The Labute approximate surface area is 112 Å². The molecule has 0 bridgehead atoms. The highest BCUT2D eigenvalue weighted by Crippen LogP contribution is 2.28. The molecule has 0 aliphatic rings. The van der Waals surface area contributed by atoms with E-state index in [1.54, 1.807) is 0 Å². The van der Waals surface area contributed by atoms with Gasteiger partial charge in [-0.05, 0) is 0 Å². The van der Waals surface area contributed by atoms with E-state index in [1.807, 2.05) is 0 Å². The van der Waals surface area contributed by atoms with Crippen LogP contribution in [0.3, 0.4) is 0 Å². The van der Waals surface area contributed by atoms with Crippen molar-refractivity contribution in [2.45, 2.75) is 11.4 Å². The van der Waals surface area contributed by atoms with E-state index in [0.717, 1.165) is 12.1 Å². The molecule has 8 heteroatoms. The molecule has 0 aliphatic heterocycles. The molecule has 20 heavy (non-hydrogen) atoms. The van der Waals surface area contributed by atoms with Gasteiger partial charge in [-0.25, -0.2) is 9.59 Å². The Bertz CT molecular complexity index is 540. The van der Waals surface area contributed by atoms with E-state index >= 15 is 0 Å². The number of aliphatic carboxylic acids is 2. The summed E-state index contributed by atoms with van der Waals surface area (Å²) >= 11 is 0. The molecular formula is C12H12O8. The van der Waals surface area contributed by atoms with Gasteiger partial charge >= 0.3 is 17.7 Å². The van der Waals surface area contributed by atoms with Gasteiger partial charge in [0.1, 0.15) is 0 Å². The van der Waals surface area contributed by atoms with Gasteiger partial charge in [-0.1, -0.05) is 30.3 Å². The largest absolute Gasteiger partial charge is 0.479 e. The zero-order chi connectivity index (χ0) is 15.6. The molecule has 0 amide bonds. The quantitative estimate of drug-likeness (QED) is 0.299. The first-order valence-corrected chi connectivity index (χ1v) is 5.28. The number of rotatable bonds is 6. The van der Waals surface area contributed by atoms with E-state index in [2.05, 4.69) is 4.74 Å². The van der Waals surface area contributed by atoms with Gasteiger partial charge in [-0.2, -0.15) is 0 Å². The van der Waals surface area contributed by atoms with Crippen molar-refractivity contribution in [2.24, 2.45) is 0 Å². The van der Waals surface area contributed by atoms with Crippen LogP contribution in [0, 0.1) is 0 Å². The molecule has 1 aromatic carbocycles. The van der Waals surface area contributed by atoms with Crippen LogP contribution in [0.2, 0.25) is 0 Å². The number of carboxylic acid groups (broad SMARTS) is 2. The van der Waals surface area contributed by atoms with Crippen LogP contribution in [0.5, 0.6) is 0 Å². The van der Waals surface area contributed by atoms with Crippen molar-refractivity contribution in [2.75, 3.05) is 7.11 Å². The summed E-state index contributed by atoms with van der Waals surface area (Å²) in [5, 5.41) is 37.6. The third kappa shape index (κ3) is 2.16. The molecular weight excluding hydrogens is 272 g/mol. The zero-order valence-electron chi connectivity index (χ0n) is 10.3. The van der Waals surface area contributed by atoms with Gasteiger partial charge < -0.3 is 25.2 Å². The highest BCUT2D eigenvalue weighted by molar-refractivity contribution is 6.18. The average molecular weight is 284 g/mol. The number of carbonyl (C=O) groups excluding carboxylic acids is 1. The molecule has 0 spiro atoms. The zero-order valence-corrected chi connectivity index (χ0v) is 10.3. The van der Waals surface area contributed by atoms with Gasteiger partial charge in [-0.15, -0.1) is 0 Å². The number of carboxylic acids is 2. The fourth-order valence-corrected chi connectivity index (χ4v) is 1.58. The second-order valence-corrected chi connectivity index (χ2v) is 3.86. The molecule has 0 unspecified atom stereocenters. The first kappa shape index (κ1) is 15.8. The van der Waals surface area contributed by atoms with Crippen LogP contribution in [0.4, 0.5) is 0 Å². The smallest absolute Gasteiger partial charge is 0.368 e. The molecule has 108 valence electrons. The third-order valence-electron chi connectivity index (χ3n) is 2.75. The molecule has 0 aliphatic carbocycles. The van der Waals surface area contributed by atoms with Gasteiger partial charge in [0.2, 0.25) is 5.78 Å². The van der Waals surface area contributed by atoms with Crippen molar-refractivity contribution in [1.82, 2.24) is 0 Å². The Hall–Kier alpha value is -2.29. The van der Waals surface area contributed by atoms with Crippen LogP contribution in [0.15, 0.2) is 30.3 Å². The lowest BCUT2D eigenvalue weighted by Gasteiger charge is -2.33. The predicted molar refractivity (Wildman–Crippen MR) is 63.0 cm³/mol. The number of Topliss-reactive ketones (excluding diaryl/α,β-unsaturated/α-hetero) is 1. The number of hydrogen-bond acceptors (Lipinski definition) is 6. The summed E-state index contributed by atoms with van der Waals surface area (Å²) in [6.07, 6.45) is 0. The van der Waals surface area contributed by atoms with E-state index in [9.17, 15) is 24.6 Å². The summed E-state index contributed by atoms with van der Waals surface area (Å²) in [4.78, 5) is 34.2. The van der Waals surface area contributed by atoms with E-state index in [4.69, 9.17) is 10.2 Å². The summed E-state index contributed by atoms with van der Waals surface area (Å²) in [5.74, 6) is -9.61. The lowest BCUT2D eigenvalue weighted by atomic mass is 9.84. The lowest BCUT2D eigenvalue weighted by molar-refractivity contribution is -0.267. The highest BCUT2D eigenvalue weighted by Gasteiger charge is 2.67. The third-order valence-corrected chi connectivity index (χ3v) is 2.75. The fraction of sp³-hybridized carbons (Fsp3) is 0.250. The topological polar surface area (TPSA) is 141 Å². The minimum Gasteiger partial charge on any atom is -0.479 e. The second-order valence-electron chi connectivity index (χ2n) is 3.86. The fourth-order valence-electron chi connectivity index (χ4n) is 1.58. The molecule has 8 nitrogen and oxygen atoms in total. The molecule has 0 radical (unpaired) electrons. The molecule has 0 saturated carbocycles. The first-order valence-electron chi connectivity index (χ1n) is 5.28. The number of methoxy groups -OCH3 is 1. The van der Waals surface area contributed by atoms with Gasteiger partial charge in [-0.3, -0.25) is 4.79 Å². The number of carbonyl (C=O) groups is 3. The van der Waals surface area contributed by atoms with E-state index in [-0.39, 0.29) is 5.56 Å². The molecule has 4 N–H and O–H groups in total. The molecule has 0 fully saturated rings. The maximum atomic E-state index is 12.1. The van der Waals surface area contributed by atoms with Crippen molar-refractivity contribution in [1.29, 1.82) is 0 Å². The van der Waals surface area contributed by atoms with Gasteiger partial charge in [0.05, 0.1) is 0 Å². The van der Waals surface area contributed by atoms with Crippen LogP contribution in [-0.4, -0.2) is 56.6 Å². The summed E-state index contributed by atoms with van der Waals surface area (Å²) in [7, 11) is 0.653. The summed E-state index contributed by atoms with van der Waals surface area (Å²) in [5.41, 5.74) is -4.00. The normalized spacial score (nSPS) is 16.8. The van der Waals surface area contributed by atoms with Crippen LogP contribution >= 0.6 is 0 Å². The second kappa shape index (κ2) is 5.37. The minimum absolute atomic E-state index is 0.297. The summed E-state index contributed by atoms with van der Waals surface area (Å²) in [6, 6.07) is 6.60. The number of aliphatic hydroxyl groups is 2. The van der Waals surface area contributed by atoms with E-state index in [0.29, 0.717) is 7.11 Å². The summed E-state index contributed by atoms with van der Waals surface area (Å²) < 4.78 is 4.17. The molecule has 1 aromatic rings. The maximum absolute atomic E-state index is 12.1. The Kier molecular flexibility index (Phi) is 4.23. The van der Waals surface area contributed by atoms with Crippen molar-refractivity contribution >= 4 is 17.7 Å². The van der Waals surface area contributed by atoms with Crippen molar-refractivity contribution < 1.29 is 39.5 Å². The van der Waals surface area contributed by atoms with Crippen LogP contribution in [0.1, 0.15) is 10.4 Å². The molecule has 0 aromatic heterocycles. The molecule has 0 saturated heterocycles. The van der Waals surface area contributed by atoms with Crippen molar-refractivity contribution in [3.63, 3.8) is 0 Å². The highest BCUT2D eigenvalue weighted by atomic mass is 16.7. The monoisotopic (exact) mass is 284 g/mol. The van der Waals surface area contributed by atoms with Crippen LogP contribution < -0.4 is 0 Å². The number of hydrogen-bond donors (Lipinski definition) is 4. The van der Waals surface area contributed by atoms with Gasteiger partial charge in [0.15, 0.2) is 0 Å². The number of ketones is 1. The molecule has 1 rings (SSSR count).